The van der Waals surface area contributed by atoms with E-state index >= 15 is 0 Å². The SMILES string of the molecule is CCOC1CCC(n2cc(NC(=O)c3coc(-c4cnn(COP(=O)(O)O)c4)n3)c(-c3nc(F)ccc3F)n2)CC1. The van der Waals surface area contributed by atoms with E-state index in [1.54, 1.807) is 10.9 Å². The maximum Gasteiger partial charge on any atom is 0.471 e. The molecule has 0 saturated heterocycles. The van der Waals surface area contributed by atoms with Gasteiger partial charge in [0.05, 0.1) is 29.6 Å². The number of amides is 1. The number of halogens is 2. The van der Waals surface area contributed by atoms with Crippen molar-refractivity contribution in [3.05, 3.63) is 54.4 Å². The molecule has 17 heteroatoms. The standard InChI is InChI=1S/C24H26F2N7O7P/c1-2-38-16-5-3-15(4-6-16)33-11-18(22(31-33)21-17(25)7-8-20(26)30-21)28-23(34)19-12-39-24(29-19)14-9-27-32(10-14)13-40-41(35,36)37/h7-12,15-16H,2-6,13H2,1H3,(H,28,34)(H2,35,36,37). The number of carbonyl (C=O) groups is 1. The molecule has 41 heavy (non-hydrogen) atoms. The Morgan fingerprint density at radius 2 is 1.95 bits per heavy atom. The molecule has 14 nitrogen and oxygen atoms in total. The quantitative estimate of drug-likeness (QED) is 0.179. The van der Waals surface area contributed by atoms with Crippen molar-refractivity contribution < 1.29 is 41.6 Å². The highest BCUT2D eigenvalue weighted by molar-refractivity contribution is 7.46. The van der Waals surface area contributed by atoms with Gasteiger partial charge in [0.25, 0.3) is 5.91 Å². The van der Waals surface area contributed by atoms with Crippen LogP contribution in [0.2, 0.25) is 0 Å². The molecule has 0 bridgehead atoms. The van der Waals surface area contributed by atoms with Crippen LogP contribution in [0.3, 0.4) is 0 Å². The maximum atomic E-state index is 14.7. The first-order chi connectivity index (χ1) is 19.6. The van der Waals surface area contributed by atoms with E-state index in [1.165, 1.54) is 12.4 Å². The summed E-state index contributed by atoms with van der Waals surface area (Å²) in [6.45, 7) is 2.04. The molecule has 5 rings (SSSR count). The van der Waals surface area contributed by atoms with Crippen molar-refractivity contribution in [2.45, 2.75) is 51.5 Å². The molecule has 1 fully saturated rings. The molecule has 218 valence electrons. The zero-order valence-corrected chi connectivity index (χ0v) is 22.6. The predicted molar refractivity (Wildman–Crippen MR) is 137 cm³/mol. The topological polar surface area (TPSA) is 180 Å². The summed E-state index contributed by atoms with van der Waals surface area (Å²) in [7, 11) is -4.70. The van der Waals surface area contributed by atoms with Gasteiger partial charge in [-0.2, -0.15) is 14.6 Å². The Kier molecular flexibility index (Phi) is 8.37. The summed E-state index contributed by atoms with van der Waals surface area (Å²) in [6, 6.07) is 1.78. The average Bonchev–Trinajstić information content (AvgIpc) is 3.69. The lowest BCUT2D eigenvalue weighted by atomic mass is 9.93. The van der Waals surface area contributed by atoms with Gasteiger partial charge in [-0.15, -0.1) is 0 Å². The second-order valence-electron chi connectivity index (χ2n) is 9.23. The number of rotatable bonds is 10. The minimum atomic E-state index is -4.70. The third-order valence-corrected chi connectivity index (χ3v) is 6.86. The first-order valence-electron chi connectivity index (χ1n) is 12.6. The Morgan fingerprint density at radius 1 is 1.17 bits per heavy atom. The lowest BCUT2D eigenvalue weighted by Gasteiger charge is -2.28. The minimum absolute atomic E-state index is 0.00241. The van der Waals surface area contributed by atoms with Gasteiger partial charge in [-0.1, -0.05) is 0 Å². The largest absolute Gasteiger partial charge is 0.471 e. The second-order valence-corrected chi connectivity index (χ2v) is 10.5. The zero-order chi connectivity index (χ0) is 29.1. The van der Waals surface area contributed by atoms with E-state index in [2.05, 4.69) is 30.0 Å². The number of anilines is 1. The number of carbonyl (C=O) groups excluding carboxylic acids is 1. The van der Waals surface area contributed by atoms with Gasteiger partial charge < -0.3 is 24.3 Å². The highest BCUT2D eigenvalue weighted by Crippen LogP contribution is 2.36. The van der Waals surface area contributed by atoms with Crippen LogP contribution in [0, 0.1) is 11.8 Å². The van der Waals surface area contributed by atoms with Gasteiger partial charge in [0.15, 0.2) is 18.2 Å². The van der Waals surface area contributed by atoms with E-state index in [1.807, 2.05) is 6.92 Å². The molecule has 4 aromatic heterocycles. The molecule has 4 aromatic rings. The summed E-state index contributed by atoms with van der Waals surface area (Å²) in [4.78, 5) is 38.6. The average molecular weight is 593 g/mol. The number of nitrogens with one attached hydrogen (secondary N) is 1. The number of phosphoric acid groups is 1. The van der Waals surface area contributed by atoms with Gasteiger partial charge in [0, 0.05) is 19.0 Å². The smallest absolute Gasteiger partial charge is 0.444 e. The van der Waals surface area contributed by atoms with Crippen LogP contribution in [0.15, 0.2) is 41.4 Å². The van der Waals surface area contributed by atoms with Crippen LogP contribution in [0.1, 0.15) is 49.1 Å². The fourth-order valence-electron chi connectivity index (χ4n) is 4.52. The number of ether oxygens (including phenoxy) is 1. The molecule has 0 spiro atoms. The number of aromatic nitrogens is 6. The van der Waals surface area contributed by atoms with Crippen molar-refractivity contribution in [3.8, 4) is 22.8 Å². The minimum Gasteiger partial charge on any atom is -0.444 e. The number of pyridine rings is 1. The van der Waals surface area contributed by atoms with Gasteiger partial charge in [-0.25, -0.2) is 23.6 Å². The number of nitrogens with zero attached hydrogens (tertiary/aromatic N) is 6. The molecule has 1 saturated carbocycles. The lowest BCUT2D eigenvalue weighted by molar-refractivity contribution is 0.0260. The second kappa shape index (κ2) is 12.0. The van der Waals surface area contributed by atoms with Crippen LogP contribution in [-0.2, 0) is 20.6 Å². The summed E-state index contributed by atoms with van der Waals surface area (Å²) >= 11 is 0. The van der Waals surface area contributed by atoms with Gasteiger partial charge in [0.2, 0.25) is 11.8 Å². The first kappa shape index (κ1) is 28.7. The van der Waals surface area contributed by atoms with E-state index in [4.69, 9.17) is 18.9 Å². The molecule has 3 N–H and O–H groups in total. The summed E-state index contributed by atoms with van der Waals surface area (Å²) < 4.78 is 57.7. The number of hydrogen-bond donors (Lipinski definition) is 3. The third kappa shape index (κ3) is 6.92. The normalized spacial score (nSPS) is 17.6. The number of oxazole rings is 1. The Bertz CT molecular complexity index is 1580. The molecule has 1 amide bonds. The van der Waals surface area contributed by atoms with Crippen LogP contribution in [0.5, 0.6) is 0 Å². The van der Waals surface area contributed by atoms with Crippen LogP contribution in [-0.4, -0.2) is 57.9 Å². The molecule has 1 aliphatic carbocycles. The van der Waals surface area contributed by atoms with Crippen molar-refractivity contribution in [2.24, 2.45) is 0 Å². The summed E-state index contributed by atoms with van der Waals surface area (Å²) in [5.74, 6) is -2.43. The van der Waals surface area contributed by atoms with Gasteiger partial charge in [-0.3, -0.25) is 14.0 Å². The number of hydrogen-bond acceptors (Lipinski definition) is 9. The molecule has 0 radical (unpaired) electrons. The van der Waals surface area contributed by atoms with E-state index in [9.17, 15) is 18.1 Å². The van der Waals surface area contributed by atoms with Crippen molar-refractivity contribution in [2.75, 3.05) is 11.9 Å². The van der Waals surface area contributed by atoms with Crippen LogP contribution >= 0.6 is 7.82 Å². The third-order valence-electron chi connectivity index (χ3n) is 6.41. The van der Waals surface area contributed by atoms with Gasteiger partial charge in [0.1, 0.15) is 17.7 Å². The lowest BCUT2D eigenvalue weighted by Crippen LogP contribution is -2.24. The van der Waals surface area contributed by atoms with E-state index in [-0.39, 0.29) is 40.8 Å². The summed E-state index contributed by atoms with van der Waals surface area (Å²) in [5.41, 5.74) is -0.126. The van der Waals surface area contributed by atoms with Gasteiger partial charge >= 0.3 is 7.82 Å². The van der Waals surface area contributed by atoms with Crippen molar-refractivity contribution >= 4 is 19.4 Å². The summed E-state index contributed by atoms with van der Waals surface area (Å²) in [5, 5.41) is 11.0. The molecule has 4 heterocycles. The molecule has 0 aromatic carbocycles. The van der Waals surface area contributed by atoms with E-state index in [0.717, 1.165) is 48.8 Å². The molecule has 0 unspecified atom stereocenters. The van der Waals surface area contributed by atoms with Crippen molar-refractivity contribution in [1.29, 1.82) is 0 Å². The van der Waals surface area contributed by atoms with Crippen molar-refractivity contribution in [1.82, 2.24) is 29.5 Å². The Labute approximate surface area is 231 Å². The Balaban J connectivity index is 1.37. The molecular formula is C24H26F2N7O7P. The Hall–Kier alpha value is -3.82. The highest BCUT2D eigenvalue weighted by Gasteiger charge is 2.27. The van der Waals surface area contributed by atoms with Crippen LogP contribution in [0.4, 0.5) is 14.5 Å². The van der Waals surface area contributed by atoms with Gasteiger partial charge in [-0.05, 0) is 44.7 Å². The fraction of sp³-hybridized carbons (Fsp3) is 0.375. The number of phosphoric ester groups is 1. The molecule has 0 atom stereocenters. The monoisotopic (exact) mass is 593 g/mol. The Morgan fingerprint density at radius 3 is 2.68 bits per heavy atom. The van der Waals surface area contributed by atoms with E-state index in [0.29, 0.717) is 12.2 Å². The van der Waals surface area contributed by atoms with Crippen LogP contribution in [0.25, 0.3) is 22.8 Å². The molecular weight excluding hydrogens is 567 g/mol. The first-order valence-corrected chi connectivity index (χ1v) is 14.2. The van der Waals surface area contributed by atoms with Crippen molar-refractivity contribution in [3.63, 3.8) is 0 Å². The van der Waals surface area contributed by atoms with Crippen LogP contribution < -0.4 is 5.32 Å². The highest BCUT2D eigenvalue weighted by atomic mass is 31.2. The fourth-order valence-corrected chi connectivity index (χ4v) is 4.79. The molecule has 1 aliphatic rings. The summed E-state index contributed by atoms with van der Waals surface area (Å²) in [6.07, 6.45) is 8.57. The van der Waals surface area contributed by atoms with E-state index < -0.39 is 32.2 Å². The maximum absolute atomic E-state index is 14.7. The predicted octanol–water partition coefficient (Wildman–Crippen LogP) is 3.91. The molecule has 0 aliphatic heterocycles. The zero-order valence-electron chi connectivity index (χ0n) is 21.7.